The Morgan fingerprint density at radius 1 is 1.04 bits per heavy atom. The second-order valence-electron chi connectivity index (χ2n) is 5.68. The monoisotopic (exact) mass is 432 g/mol. The van der Waals surface area contributed by atoms with Crippen LogP contribution in [0.2, 0.25) is 0 Å². The summed E-state index contributed by atoms with van der Waals surface area (Å²) in [5.74, 6) is -25.6. The summed E-state index contributed by atoms with van der Waals surface area (Å²) in [4.78, 5) is 9.13. The SMILES string of the molecule is CP(=O)(O)OC(c1ccccc1)C(F)(F)C1(F)OC(F)(F)C(F)(F)C1(F)F. The second kappa shape index (κ2) is 6.10. The molecule has 154 valence electrons. The molecule has 0 bridgehead atoms. The molecule has 1 aromatic carbocycles. The maximum Gasteiger partial charge on any atom is 0.428 e. The van der Waals surface area contributed by atoms with Gasteiger partial charge in [-0.1, -0.05) is 30.3 Å². The third-order valence-corrected chi connectivity index (χ3v) is 4.20. The lowest BCUT2D eigenvalue weighted by Gasteiger charge is -2.37. The van der Waals surface area contributed by atoms with Crippen LogP contribution in [-0.2, 0) is 13.8 Å². The van der Waals surface area contributed by atoms with Gasteiger partial charge < -0.3 is 4.89 Å². The molecule has 3 unspecified atom stereocenters. The zero-order valence-electron chi connectivity index (χ0n) is 13.0. The minimum Gasteiger partial charge on any atom is -0.324 e. The summed E-state index contributed by atoms with van der Waals surface area (Å²) in [6.45, 7) is 0.306. The number of halogens is 9. The van der Waals surface area contributed by atoms with E-state index in [0.29, 0.717) is 18.8 Å². The van der Waals surface area contributed by atoms with Crippen molar-refractivity contribution in [2.75, 3.05) is 6.66 Å². The fourth-order valence-electron chi connectivity index (χ4n) is 2.30. The van der Waals surface area contributed by atoms with Crippen LogP contribution in [0.15, 0.2) is 30.3 Å². The molecule has 1 aliphatic rings. The highest BCUT2D eigenvalue weighted by Gasteiger charge is 2.95. The molecule has 2 rings (SSSR count). The molecule has 1 fully saturated rings. The lowest BCUT2D eigenvalue weighted by atomic mass is 9.92. The Kier molecular flexibility index (Phi) is 4.97. The third kappa shape index (κ3) is 3.14. The molecular formula is C13H10F9O4P. The van der Waals surface area contributed by atoms with Crippen LogP contribution in [0.1, 0.15) is 11.7 Å². The molecule has 1 heterocycles. The Balaban J connectivity index is 2.67. The molecule has 14 heteroatoms. The standard InChI is InChI=1S/C13H10F9O4P/c1-27(23,24)25-8(7-5-3-2-4-6-7)9(14,15)12(20)10(16,17)11(18,19)13(21,22)26-12/h2-6,8H,1H3,(H,23,24). The van der Waals surface area contributed by atoms with Crippen molar-refractivity contribution >= 4 is 7.60 Å². The van der Waals surface area contributed by atoms with Crippen molar-refractivity contribution < 1.29 is 58.2 Å². The predicted molar refractivity (Wildman–Crippen MR) is 70.7 cm³/mol. The molecular weight excluding hydrogens is 422 g/mol. The molecule has 0 saturated carbocycles. The topological polar surface area (TPSA) is 55.8 Å². The summed E-state index contributed by atoms with van der Waals surface area (Å²) in [5.41, 5.74) is -0.936. The number of rotatable bonds is 5. The van der Waals surface area contributed by atoms with Gasteiger partial charge in [0.25, 0.3) is 0 Å². The average molecular weight is 432 g/mol. The van der Waals surface area contributed by atoms with Gasteiger partial charge >= 0.3 is 37.3 Å². The lowest BCUT2D eigenvalue weighted by Crippen LogP contribution is -2.62. The van der Waals surface area contributed by atoms with Crippen LogP contribution >= 0.6 is 7.60 Å². The molecule has 4 nitrogen and oxygen atoms in total. The Labute approximate surface area is 145 Å². The fraction of sp³-hybridized carbons (Fsp3) is 0.538. The van der Waals surface area contributed by atoms with E-state index < -0.39 is 49.0 Å². The van der Waals surface area contributed by atoms with Gasteiger partial charge in [-0.15, -0.1) is 0 Å². The van der Waals surface area contributed by atoms with Crippen molar-refractivity contribution in [1.29, 1.82) is 0 Å². The number of benzene rings is 1. The van der Waals surface area contributed by atoms with Gasteiger partial charge in [0.2, 0.25) is 0 Å². The number of hydrogen-bond donors (Lipinski definition) is 1. The van der Waals surface area contributed by atoms with E-state index in [1.54, 1.807) is 0 Å². The predicted octanol–water partition coefficient (Wildman–Crippen LogP) is 4.75. The van der Waals surface area contributed by atoms with Crippen LogP contribution in [0.5, 0.6) is 0 Å². The first-order chi connectivity index (χ1) is 11.9. The van der Waals surface area contributed by atoms with E-state index in [4.69, 9.17) is 4.89 Å². The van der Waals surface area contributed by atoms with Gasteiger partial charge in [-0.25, -0.2) is 0 Å². The molecule has 0 radical (unpaired) electrons. The maximum absolute atomic E-state index is 14.6. The van der Waals surface area contributed by atoms with E-state index in [-0.39, 0.29) is 0 Å². The first kappa shape index (κ1) is 22.0. The van der Waals surface area contributed by atoms with Gasteiger partial charge in [-0.3, -0.25) is 13.8 Å². The van der Waals surface area contributed by atoms with E-state index in [2.05, 4.69) is 9.26 Å². The second-order valence-corrected chi connectivity index (χ2v) is 7.50. The smallest absolute Gasteiger partial charge is 0.324 e. The quantitative estimate of drug-likeness (QED) is 0.539. The van der Waals surface area contributed by atoms with Gasteiger partial charge in [-0.05, 0) is 5.56 Å². The van der Waals surface area contributed by atoms with Crippen LogP contribution in [0.25, 0.3) is 0 Å². The summed E-state index contributed by atoms with van der Waals surface area (Å²) in [7, 11) is -4.98. The minimum absolute atomic E-state index is 0.306. The molecule has 1 saturated heterocycles. The van der Waals surface area contributed by atoms with Crippen LogP contribution in [0, 0.1) is 0 Å². The maximum atomic E-state index is 14.6. The molecule has 0 aromatic heterocycles. The first-order valence-corrected chi connectivity index (χ1v) is 8.87. The van der Waals surface area contributed by atoms with Crippen molar-refractivity contribution in [3.63, 3.8) is 0 Å². The van der Waals surface area contributed by atoms with Gasteiger partial charge in [0.05, 0.1) is 0 Å². The first-order valence-electron chi connectivity index (χ1n) is 6.85. The van der Waals surface area contributed by atoms with Gasteiger partial charge in [0.15, 0.2) is 6.10 Å². The van der Waals surface area contributed by atoms with E-state index >= 15 is 0 Å². The Morgan fingerprint density at radius 3 is 1.89 bits per heavy atom. The van der Waals surface area contributed by atoms with Gasteiger partial charge in [0.1, 0.15) is 0 Å². The van der Waals surface area contributed by atoms with Crippen molar-refractivity contribution in [3.8, 4) is 0 Å². The zero-order valence-corrected chi connectivity index (χ0v) is 13.9. The Hall–Kier alpha value is -1.30. The number of alkyl halides is 9. The van der Waals surface area contributed by atoms with Crippen molar-refractivity contribution in [2.45, 2.75) is 35.8 Å². The van der Waals surface area contributed by atoms with Crippen LogP contribution < -0.4 is 0 Å². The van der Waals surface area contributed by atoms with Gasteiger partial charge in [0, 0.05) is 6.66 Å². The normalized spacial score (nSPS) is 29.9. The summed E-state index contributed by atoms with van der Waals surface area (Å²) >= 11 is 0. The lowest BCUT2D eigenvalue weighted by molar-refractivity contribution is -0.388. The van der Waals surface area contributed by atoms with Crippen molar-refractivity contribution in [1.82, 2.24) is 0 Å². The third-order valence-electron chi connectivity index (χ3n) is 3.59. The molecule has 1 aliphatic heterocycles. The summed E-state index contributed by atoms with van der Waals surface area (Å²) in [5, 5.41) is 0. The highest BCUT2D eigenvalue weighted by molar-refractivity contribution is 7.51. The summed E-state index contributed by atoms with van der Waals surface area (Å²) in [6.07, 6.45) is -9.74. The molecule has 0 aliphatic carbocycles. The van der Waals surface area contributed by atoms with E-state index in [9.17, 15) is 44.1 Å². The fourth-order valence-corrected chi connectivity index (χ4v) is 2.94. The van der Waals surface area contributed by atoms with Gasteiger partial charge in [-0.2, -0.15) is 39.5 Å². The van der Waals surface area contributed by atoms with E-state index in [0.717, 1.165) is 12.1 Å². The highest BCUT2D eigenvalue weighted by Crippen LogP contribution is 2.67. The average Bonchev–Trinajstić information content (AvgIpc) is 2.60. The van der Waals surface area contributed by atoms with Crippen molar-refractivity contribution in [3.05, 3.63) is 35.9 Å². The summed E-state index contributed by atoms with van der Waals surface area (Å²) in [6, 6.07) is 4.54. The Bertz CT molecular complexity index is 751. The van der Waals surface area contributed by atoms with E-state index in [1.165, 1.54) is 6.07 Å². The number of hydrogen-bond acceptors (Lipinski definition) is 3. The van der Waals surface area contributed by atoms with Crippen LogP contribution in [0.3, 0.4) is 0 Å². The molecule has 3 atom stereocenters. The summed E-state index contributed by atoms with van der Waals surface area (Å²) < 4.78 is 141. The number of ether oxygens (including phenoxy) is 1. The molecule has 1 aromatic rings. The molecule has 0 spiro atoms. The minimum atomic E-state index is -6.73. The van der Waals surface area contributed by atoms with Crippen LogP contribution in [0.4, 0.5) is 39.5 Å². The van der Waals surface area contributed by atoms with E-state index in [1.807, 2.05) is 0 Å². The molecule has 27 heavy (non-hydrogen) atoms. The highest BCUT2D eigenvalue weighted by atomic mass is 31.2. The van der Waals surface area contributed by atoms with Crippen LogP contribution in [-0.4, -0.2) is 41.3 Å². The molecule has 0 amide bonds. The zero-order chi connectivity index (χ0) is 21.1. The molecule has 1 N–H and O–H groups in total. The van der Waals surface area contributed by atoms with Crippen molar-refractivity contribution in [2.24, 2.45) is 0 Å². The Morgan fingerprint density at radius 2 is 1.52 bits per heavy atom. The largest absolute Gasteiger partial charge is 0.428 e.